The van der Waals surface area contributed by atoms with Gasteiger partial charge in [0.2, 0.25) is 12.3 Å². The summed E-state index contributed by atoms with van der Waals surface area (Å²) >= 11 is 0. The number of nitrogens with zero attached hydrogens (tertiary/aromatic N) is 3. The second kappa shape index (κ2) is 8.26. The summed E-state index contributed by atoms with van der Waals surface area (Å²) in [5.74, 6) is 0.409. The van der Waals surface area contributed by atoms with Gasteiger partial charge in [0.05, 0.1) is 0 Å². The van der Waals surface area contributed by atoms with Crippen molar-refractivity contribution in [1.82, 2.24) is 20.4 Å². The molecule has 3 rings (SSSR count). The van der Waals surface area contributed by atoms with Crippen LogP contribution in [0, 0.1) is 0 Å². The van der Waals surface area contributed by atoms with Gasteiger partial charge in [-0.1, -0.05) is 30.3 Å². The van der Waals surface area contributed by atoms with Crippen molar-refractivity contribution in [2.24, 2.45) is 0 Å². The zero-order valence-corrected chi connectivity index (χ0v) is 14.8. The smallest absolute Gasteiger partial charge is 0.319 e. The lowest BCUT2D eigenvalue weighted by Gasteiger charge is -2.15. The minimum Gasteiger partial charge on any atom is -0.423 e. The first-order chi connectivity index (χ1) is 12.6. The molecule has 3 aromatic rings. The van der Waals surface area contributed by atoms with Crippen molar-refractivity contribution in [2.75, 3.05) is 19.4 Å². The maximum absolute atomic E-state index is 12.2. The molecule has 0 aliphatic heterocycles. The molecule has 0 atom stereocenters. The topological polar surface area (TPSA) is 83.3 Å². The molecule has 26 heavy (non-hydrogen) atoms. The largest absolute Gasteiger partial charge is 0.423 e. The number of benzene rings is 2. The van der Waals surface area contributed by atoms with E-state index in [0.29, 0.717) is 18.1 Å². The molecule has 0 fully saturated rings. The molecule has 0 spiro atoms. The number of amides is 2. The van der Waals surface area contributed by atoms with Gasteiger partial charge in [-0.15, -0.1) is 10.2 Å². The third-order valence-corrected chi connectivity index (χ3v) is 3.77. The van der Waals surface area contributed by atoms with Crippen LogP contribution in [-0.4, -0.2) is 35.2 Å². The second-order valence-electron chi connectivity index (χ2n) is 6.14. The highest BCUT2D eigenvalue weighted by atomic mass is 16.4. The summed E-state index contributed by atoms with van der Waals surface area (Å²) in [7, 11) is 4.04. The van der Waals surface area contributed by atoms with Gasteiger partial charge in [-0.3, -0.25) is 0 Å². The monoisotopic (exact) mass is 351 g/mol. The van der Waals surface area contributed by atoms with Gasteiger partial charge in [0.1, 0.15) is 0 Å². The fourth-order valence-electron chi connectivity index (χ4n) is 2.60. The van der Waals surface area contributed by atoms with E-state index < -0.39 is 0 Å². The summed E-state index contributed by atoms with van der Waals surface area (Å²) in [6.45, 7) is 1.28. The van der Waals surface area contributed by atoms with Gasteiger partial charge in [-0.05, 0) is 43.4 Å². The van der Waals surface area contributed by atoms with E-state index in [0.717, 1.165) is 17.7 Å². The molecule has 2 N–H and O–H groups in total. The number of aromatic nitrogens is 2. The molecule has 0 aliphatic carbocycles. The average Bonchev–Trinajstić information content (AvgIpc) is 3.15. The van der Waals surface area contributed by atoms with E-state index in [2.05, 4.69) is 31.8 Å². The number of carbonyl (C=O) groups is 1. The van der Waals surface area contributed by atoms with Crippen LogP contribution in [0.5, 0.6) is 0 Å². The Morgan fingerprint density at radius 1 is 1.12 bits per heavy atom. The maximum Gasteiger partial charge on any atom is 0.319 e. The van der Waals surface area contributed by atoms with Gasteiger partial charge in [0, 0.05) is 24.3 Å². The third-order valence-electron chi connectivity index (χ3n) is 3.77. The molecule has 1 aromatic heterocycles. The van der Waals surface area contributed by atoms with Gasteiger partial charge in [-0.2, -0.15) is 0 Å². The molecule has 0 aliphatic rings. The zero-order chi connectivity index (χ0) is 18.4. The van der Waals surface area contributed by atoms with E-state index in [1.54, 1.807) is 12.1 Å². The van der Waals surface area contributed by atoms with E-state index in [-0.39, 0.29) is 6.03 Å². The Morgan fingerprint density at radius 2 is 1.92 bits per heavy atom. The number of hydrogen-bond acceptors (Lipinski definition) is 5. The average molecular weight is 351 g/mol. The quantitative estimate of drug-likeness (QED) is 0.713. The number of nitrogens with one attached hydrogen (secondary N) is 2. The van der Waals surface area contributed by atoms with Crippen LogP contribution in [0.15, 0.2) is 59.3 Å². The summed E-state index contributed by atoms with van der Waals surface area (Å²) in [6, 6.07) is 15.1. The first kappa shape index (κ1) is 17.6. The highest BCUT2D eigenvalue weighted by molar-refractivity contribution is 5.89. The molecule has 0 radical (unpaired) electrons. The van der Waals surface area contributed by atoms with Crippen LogP contribution >= 0.6 is 0 Å². The molecule has 2 aromatic carbocycles. The van der Waals surface area contributed by atoms with Gasteiger partial charge < -0.3 is 20.0 Å². The lowest BCUT2D eigenvalue weighted by molar-refractivity contribution is 0.251. The molecule has 7 heteroatoms. The third kappa shape index (κ3) is 4.67. The standard InChI is InChI=1S/C19H21N5O2/c1-24(2)12-16-7-4-3-6-15(16)11-20-19(25)22-17-9-5-8-14(10-17)18-23-21-13-26-18/h3-10,13H,11-12H2,1-2H3,(H2,20,22,25). The van der Waals surface area contributed by atoms with Crippen LogP contribution in [0.2, 0.25) is 0 Å². The van der Waals surface area contributed by atoms with Crippen LogP contribution in [0.1, 0.15) is 11.1 Å². The van der Waals surface area contributed by atoms with Crippen molar-refractivity contribution in [3.63, 3.8) is 0 Å². The molecule has 7 nitrogen and oxygen atoms in total. The molecule has 2 amide bonds. The van der Waals surface area contributed by atoms with Crippen LogP contribution in [0.4, 0.5) is 10.5 Å². The van der Waals surface area contributed by atoms with Crippen molar-refractivity contribution in [3.8, 4) is 11.5 Å². The predicted molar refractivity (Wildman–Crippen MR) is 99.4 cm³/mol. The van der Waals surface area contributed by atoms with Gasteiger partial charge in [-0.25, -0.2) is 4.79 Å². The van der Waals surface area contributed by atoms with Crippen molar-refractivity contribution in [2.45, 2.75) is 13.1 Å². The Bertz CT molecular complexity index is 862. The molecular weight excluding hydrogens is 330 g/mol. The molecule has 1 heterocycles. The predicted octanol–water partition coefficient (Wildman–Crippen LogP) is 3.12. The maximum atomic E-state index is 12.2. The fourth-order valence-corrected chi connectivity index (χ4v) is 2.60. The van der Waals surface area contributed by atoms with Gasteiger partial charge in [0.15, 0.2) is 0 Å². The Labute approximate surface area is 152 Å². The van der Waals surface area contributed by atoms with Crippen LogP contribution < -0.4 is 10.6 Å². The normalized spacial score (nSPS) is 10.7. The van der Waals surface area contributed by atoms with Crippen molar-refractivity contribution >= 4 is 11.7 Å². The Morgan fingerprint density at radius 3 is 2.65 bits per heavy atom. The second-order valence-corrected chi connectivity index (χ2v) is 6.14. The van der Waals surface area contributed by atoms with E-state index >= 15 is 0 Å². The molecule has 0 saturated carbocycles. The first-order valence-electron chi connectivity index (χ1n) is 8.25. The lowest BCUT2D eigenvalue weighted by Crippen LogP contribution is -2.28. The Hall–Kier alpha value is -3.19. The summed E-state index contributed by atoms with van der Waals surface area (Å²) in [6.07, 6.45) is 1.27. The minimum absolute atomic E-state index is 0.271. The number of rotatable bonds is 6. The highest BCUT2D eigenvalue weighted by Crippen LogP contribution is 2.20. The van der Waals surface area contributed by atoms with Gasteiger partial charge >= 0.3 is 6.03 Å². The zero-order valence-electron chi connectivity index (χ0n) is 14.8. The van der Waals surface area contributed by atoms with Crippen LogP contribution in [0.25, 0.3) is 11.5 Å². The summed E-state index contributed by atoms with van der Waals surface area (Å²) in [5.41, 5.74) is 3.68. The number of anilines is 1. The molecule has 0 bridgehead atoms. The highest BCUT2D eigenvalue weighted by Gasteiger charge is 2.08. The number of carbonyl (C=O) groups excluding carboxylic acids is 1. The molecule has 0 unspecified atom stereocenters. The summed E-state index contributed by atoms with van der Waals surface area (Å²) in [5, 5.41) is 13.2. The Balaban J connectivity index is 1.61. The number of urea groups is 1. The summed E-state index contributed by atoms with van der Waals surface area (Å²) in [4.78, 5) is 14.3. The lowest BCUT2D eigenvalue weighted by atomic mass is 10.1. The number of hydrogen-bond donors (Lipinski definition) is 2. The van der Waals surface area contributed by atoms with Gasteiger partial charge in [0.25, 0.3) is 0 Å². The van der Waals surface area contributed by atoms with E-state index in [1.807, 2.05) is 44.4 Å². The van der Waals surface area contributed by atoms with Crippen LogP contribution in [-0.2, 0) is 13.1 Å². The molecular formula is C19H21N5O2. The minimum atomic E-state index is -0.271. The van der Waals surface area contributed by atoms with Crippen molar-refractivity contribution in [3.05, 3.63) is 66.1 Å². The van der Waals surface area contributed by atoms with E-state index in [4.69, 9.17) is 4.42 Å². The van der Waals surface area contributed by atoms with Crippen LogP contribution in [0.3, 0.4) is 0 Å². The fraction of sp³-hybridized carbons (Fsp3) is 0.211. The Kier molecular flexibility index (Phi) is 5.60. The van der Waals surface area contributed by atoms with E-state index in [1.165, 1.54) is 12.0 Å². The van der Waals surface area contributed by atoms with E-state index in [9.17, 15) is 4.79 Å². The summed E-state index contributed by atoms with van der Waals surface area (Å²) < 4.78 is 5.18. The van der Waals surface area contributed by atoms with Crippen molar-refractivity contribution in [1.29, 1.82) is 0 Å². The SMILES string of the molecule is CN(C)Cc1ccccc1CNC(=O)Nc1cccc(-c2nnco2)c1. The molecule has 134 valence electrons. The molecule has 0 saturated heterocycles. The first-order valence-corrected chi connectivity index (χ1v) is 8.25. The van der Waals surface area contributed by atoms with Crippen molar-refractivity contribution < 1.29 is 9.21 Å².